The minimum Gasteiger partial charge on any atom is -0.387 e. The molecule has 0 radical (unpaired) electrons. The van der Waals surface area contributed by atoms with Gasteiger partial charge in [-0.3, -0.25) is 4.98 Å². The van der Waals surface area contributed by atoms with Crippen molar-refractivity contribution in [3.63, 3.8) is 0 Å². The summed E-state index contributed by atoms with van der Waals surface area (Å²) in [7, 11) is 0. The van der Waals surface area contributed by atoms with E-state index in [1.54, 1.807) is 6.20 Å². The number of aromatic nitrogens is 1. The number of pyridine rings is 1. The van der Waals surface area contributed by atoms with Crippen LogP contribution in [0.2, 0.25) is 0 Å². The molecule has 0 N–H and O–H groups in total. The quantitative estimate of drug-likeness (QED) is 0.763. The number of oxime groups is 1. The second-order valence-corrected chi connectivity index (χ2v) is 4.73. The molecule has 1 aromatic heterocycles. The fraction of sp³-hybridized carbons (Fsp3) is 0.200. The van der Waals surface area contributed by atoms with E-state index in [4.69, 9.17) is 4.84 Å². The molecule has 3 nitrogen and oxygen atoms in total. The molecule has 1 aliphatic heterocycles. The summed E-state index contributed by atoms with van der Waals surface area (Å²) in [5.41, 5.74) is 4.56. The van der Waals surface area contributed by atoms with Crippen LogP contribution in [0.25, 0.3) is 0 Å². The SMILES string of the molecule is c1ccc(C2=NO[C@@H]3c4ccccc4C[C@H]23)nc1. The first kappa shape index (κ1) is 9.83. The maximum absolute atomic E-state index is 5.62. The van der Waals surface area contributed by atoms with Crippen molar-refractivity contribution in [2.45, 2.75) is 12.5 Å². The van der Waals surface area contributed by atoms with Gasteiger partial charge >= 0.3 is 0 Å². The number of nitrogens with zero attached hydrogens (tertiary/aromatic N) is 2. The zero-order valence-electron chi connectivity index (χ0n) is 9.78. The lowest BCUT2D eigenvalue weighted by Gasteiger charge is -2.08. The lowest BCUT2D eigenvalue weighted by atomic mass is 9.96. The minimum absolute atomic E-state index is 0.0817. The fourth-order valence-electron chi connectivity index (χ4n) is 2.86. The van der Waals surface area contributed by atoms with Crippen molar-refractivity contribution in [3.8, 4) is 0 Å². The zero-order valence-corrected chi connectivity index (χ0v) is 9.78. The van der Waals surface area contributed by atoms with Crippen molar-refractivity contribution in [3.05, 3.63) is 65.5 Å². The summed E-state index contributed by atoms with van der Waals surface area (Å²) in [6.07, 6.45) is 2.88. The number of fused-ring (bicyclic) bond motifs is 3. The maximum atomic E-state index is 5.62. The summed E-state index contributed by atoms with van der Waals surface area (Å²) in [5.74, 6) is 0.317. The fourth-order valence-corrected chi connectivity index (χ4v) is 2.86. The first-order valence-electron chi connectivity index (χ1n) is 6.16. The number of benzene rings is 1. The van der Waals surface area contributed by atoms with Crippen LogP contribution >= 0.6 is 0 Å². The van der Waals surface area contributed by atoms with Crippen LogP contribution in [0.1, 0.15) is 22.9 Å². The Balaban J connectivity index is 1.73. The average Bonchev–Trinajstić information content (AvgIpc) is 2.98. The number of hydrogen-bond donors (Lipinski definition) is 0. The van der Waals surface area contributed by atoms with E-state index in [9.17, 15) is 0 Å². The van der Waals surface area contributed by atoms with Crippen LogP contribution in [0.3, 0.4) is 0 Å². The molecule has 0 amide bonds. The molecule has 3 heteroatoms. The molecule has 2 heterocycles. The van der Waals surface area contributed by atoms with E-state index in [1.165, 1.54) is 11.1 Å². The minimum atomic E-state index is 0.0817. The van der Waals surface area contributed by atoms with Crippen LogP contribution in [0, 0.1) is 5.92 Å². The molecule has 1 aliphatic carbocycles. The van der Waals surface area contributed by atoms with Crippen LogP contribution in [-0.4, -0.2) is 10.7 Å². The van der Waals surface area contributed by atoms with E-state index in [1.807, 2.05) is 18.2 Å². The molecule has 2 aromatic rings. The molecule has 2 atom stereocenters. The molecule has 0 spiro atoms. The third-order valence-corrected chi connectivity index (χ3v) is 3.71. The Kier molecular flexibility index (Phi) is 2.00. The van der Waals surface area contributed by atoms with Gasteiger partial charge < -0.3 is 4.84 Å². The van der Waals surface area contributed by atoms with Crippen LogP contribution in [-0.2, 0) is 11.3 Å². The van der Waals surface area contributed by atoms with Gasteiger partial charge in [0, 0.05) is 6.20 Å². The highest BCUT2D eigenvalue weighted by Gasteiger charge is 2.42. The summed E-state index contributed by atoms with van der Waals surface area (Å²) in [6.45, 7) is 0. The van der Waals surface area contributed by atoms with Crippen molar-refractivity contribution in [1.29, 1.82) is 0 Å². The molecule has 1 aromatic carbocycles. The highest BCUT2D eigenvalue weighted by Crippen LogP contribution is 2.44. The van der Waals surface area contributed by atoms with E-state index < -0.39 is 0 Å². The molecule has 0 saturated carbocycles. The van der Waals surface area contributed by atoms with Gasteiger partial charge in [0.2, 0.25) is 0 Å². The van der Waals surface area contributed by atoms with Gasteiger partial charge in [-0.25, -0.2) is 0 Å². The van der Waals surface area contributed by atoms with Gasteiger partial charge in [-0.15, -0.1) is 0 Å². The van der Waals surface area contributed by atoms with E-state index in [-0.39, 0.29) is 6.10 Å². The zero-order chi connectivity index (χ0) is 11.9. The van der Waals surface area contributed by atoms with Crippen molar-refractivity contribution >= 4 is 5.71 Å². The third-order valence-electron chi connectivity index (χ3n) is 3.71. The Morgan fingerprint density at radius 2 is 1.94 bits per heavy atom. The first-order valence-corrected chi connectivity index (χ1v) is 6.16. The molecule has 0 fully saturated rings. The summed E-state index contributed by atoms with van der Waals surface area (Å²) in [5, 5.41) is 4.24. The lowest BCUT2D eigenvalue weighted by molar-refractivity contribution is 0.0697. The molecule has 18 heavy (non-hydrogen) atoms. The van der Waals surface area contributed by atoms with Crippen LogP contribution in [0.15, 0.2) is 53.8 Å². The van der Waals surface area contributed by atoms with Crippen LogP contribution in [0.5, 0.6) is 0 Å². The Labute approximate surface area is 105 Å². The molecule has 2 aliphatic rings. The maximum Gasteiger partial charge on any atom is 0.161 e. The molecular formula is C15H12N2O. The van der Waals surface area contributed by atoms with Gasteiger partial charge in [-0.1, -0.05) is 35.5 Å². The van der Waals surface area contributed by atoms with Crippen molar-refractivity contribution in [2.24, 2.45) is 11.1 Å². The largest absolute Gasteiger partial charge is 0.387 e. The molecular weight excluding hydrogens is 224 g/mol. The van der Waals surface area contributed by atoms with Gasteiger partial charge in [0.15, 0.2) is 6.10 Å². The monoisotopic (exact) mass is 236 g/mol. The second kappa shape index (κ2) is 3.67. The molecule has 88 valence electrons. The predicted molar refractivity (Wildman–Crippen MR) is 68.2 cm³/mol. The highest BCUT2D eigenvalue weighted by atomic mass is 16.6. The Hall–Kier alpha value is -2.16. The van der Waals surface area contributed by atoms with Gasteiger partial charge in [-0.05, 0) is 29.7 Å². The highest BCUT2D eigenvalue weighted by molar-refractivity contribution is 6.02. The Bertz CT molecular complexity index is 621. The Morgan fingerprint density at radius 1 is 1.06 bits per heavy atom. The van der Waals surface area contributed by atoms with Crippen molar-refractivity contribution < 1.29 is 4.84 Å². The first-order chi connectivity index (χ1) is 8.93. The summed E-state index contributed by atoms with van der Waals surface area (Å²) in [4.78, 5) is 9.99. The van der Waals surface area contributed by atoms with Gasteiger partial charge in [0.25, 0.3) is 0 Å². The third kappa shape index (κ3) is 1.30. The summed E-state index contributed by atoms with van der Waals surface area (Å²) in [6, 6.07) is 14.3. The van der Waals surface area contributed by atoms with Crippen molar-refractivity contribution in [2.75, 3.05) is 0 Å². The molecule has 0 unspecified atom stereocenters. The molecule has 4 rings (SSSR count). The van der Waals surface area contributed by atoms with Crippen molar-refractivity contribution in [1.82, 2.24) is 4.98 Å². The Morgan fingerprint density at radius 3 is 2.83 bits per heavy atom. The average molecular weight is 236 g/mol. The van der Waals surface area contributed by atoms with E-state index in [2.05, 4.69) is 34.4 Å². The number of rotatable bonds is 1. The lowest BCUT2D eigenvalue weighted by Crippen LogP contribution is -2.15. The smallest absolute Gasteiger partial charge is 0.161 e. The van der Waals surface area contributed by atoms with Gasteiger partial charge in [0.1, 0.15) is 5.71 Å². The van der Waals surface area contributed by atoms with E-state index >= 15 is 0 Å². The summed E-state index contributed by atoms with van der Waals surface area (Å²) >= 11 is 0. The predicted octanol–water partition coefficient (Wildman–Crippen LogP) is 2.73. The van der Waals surface area contributed by atoms with E-state index in [0.717, 1.165) is 17.8 Å². The van der Waals surface area contributed by atoms with E-state index in [0.29, 0.717) is 5.92 Å². The molecule has 0 saturated heterocycles. The van der Waals surface area contributed by atoms with Gasteiger partial charge in [0.05, 0.1) is 11.6 Å². The normalized spacial score (nSPS) is 24.1. The number of hydrogen-bond acceptors (Lipinski definition) is 3. The van der Waals surface area contributed by atoms with Crippen LogP contribution < -0.4 is 0 Å². The standard InChI is InChI=1S/C15H12N2O/c1-2-6-11-10(5-1)9-12-14(17-18-15(11)12)13-7-3-4-8-16-13/h1-8,12,15H,9H2/t12-,15-/m1/s1. The molecule has 0 bridgehead atoms. The van der Waals surface area contributed by atoms with Gasteiger partial charge in [-0.2, -0.15) is 0 Å². The summed E-state index contributed by atoms with van der Waals surface area (Å²) < 4.78 is 0. The second-order valence-electron chi connectivity index (χ2n) is 4.73. The topological polar surface area (TPSA) is 34.5 Å². The van der Waals surface area contributed by atoms with Crippen LogP contribution in [0.4, 0.5) is 0 Å².